The van der Waals surface area contributed by atoms with Crippen LogP contribution in [-0.2, 0) is 0 Å². The summed E-state index contributed by atoms with van der Waals surface area (Å²) in [7, 11) is 0. The predicted octanol–water partition coefficient (Wildman–Crippen LogP) is 4.44. The number of hydrogen-bond acceptors (Lipinski definition) is 7. The van der Waals surface area contributed by atoms with E-state index in [1.807, 2.05) is 6.92 Å². The Kier molecular flexibility index (Phi) is 9.40. The highest BCUT2D eigenvalue weighted by atomic mass is 35.5. The molecule has 3 fully saturated rings. The van der Waals surface area contributed by atoms with Crippen LogP contribution in [0.25, 0.3) is 11.5 Å². The Morgan fingerprint density at radius 3 is 2.52 bits per heavy atom. The third-order valence-electron chi connectivity index (χ3n) is 7.26. The lowest BCUT2D eigenvalue weighted by molar-refractivity contribution is -0.0515. The Labute approximate surface area is 237 Å². The smallest absolute Gasteiger partial charge is 0.387 e. The van der Waals surface area contributed by atoms with Gasteiger partial charge < -0.3 is 34.7 Å². The second-order valence-corrected chi connectivity index (χ2v) is 10.7. The lowest BCUT2D eigenvalue weighted by atomic mass is 10.1. The first-order chi connectivity index (χ1) is 18.7. The third kappa shape index (κ3) is 7.14. The highest BCUT2D eigenvalue weighted by Gasteiger charge is 2.34. The van der Waals surface area contributed by atoms with E-state index in [0.717, 1.165) is 25.7 Å². The summed E-state index contributed by atoms with van der Waals surface area (Å²) in [4.78, 5) is 34.0. The van der Waals surface area contributed by atoms with E-state index in [1.54, 1.807) is 16.7 Å². The van der Waals surface area contributed by atoms with Crippen LogP contribution in [0.5, 0.6) is 11.5 Å². The fourth-order valence-electron chi connectivity index (χ4n) is 4.61. The zero-order valence-corrected chi connectivity index (χ0v) is 23.4. The number of oxazole rings is 1. The number of halogens is 3. The summed E-state index contributed by atoms with van der Waals surface area (Å²) in [6.07, 6.45) is 4.38. The third-order valence-corrected chi connectivity index (χ3v) is 7.26. The van der Waals surface area contributed by atoms with E-state index in [0.29, 0.717) is 50.2 Å². The number of nitrogens with two attached hydrogens (primary N) is 1. The number of amides is 3. The first-order valence-corrected chi connectivity index (χ1v) is 13.5. The molecule has 0 spiro atoms. The average molecular weight is 584 g/mol. The number of hydrogen-bond donors (Lipinski definition) is 2. The number of piperazine rings is 1. The van der Waals surface area contributed by atoms with E-state index in [2.05, 4.69) is 15.0 Å². The standard InChI is InChI=1S/C27H35F2N5O5.ClH/c1-15-13-33(9-10-34(15)27(36)31-12-17-3-4-17)25(35)22-23(16(2)30)39-24(32-22)19-7-8-20(38-26(28)29)21(11-19)37-14-18-5-6-18;/h7-8,11,15-18,26H,3-6,9-10,12-14,30H2,1-2H3,(H,31,36);1H/t15-,16+;/m1./s1. The molecule has 5 rings (SSSR count). The molecule has 1 aromatic carbocycles. The predicted molar refractivity (Wildman–Crippen MR) is 145 cm³/mol. The van der Waals surface area contributed by atoms with Gasteiger partial charge in [-0.15, -0.1) is 12.4 Å². The normalized spacial score (nSPS) is 19.7. The van der Waals surface area contributed by atoms with Crippen molar-refractivity contribution >= 4 is 24.3 Å². The number of aromatic nitrogens is 1. The SMILES string of the molecule is C[C@H](N)c1oc(-c2ccc(OC(F)F)c(OCC3CC3)c2)nc1C(=O)N1CCN(C(=O)NCC2CC2)[C@H](C)C1.Cl. The van der Waals surface area contributed by atoms with E-state index in [1.165, 1.54) is 18.2 Å². The molecule has 1 saturated heterocycles. The van der Waals surface area contributed by atoms with Gasteiger partial charge >= 0.3 is 12.6 Å². The Morgan fingerprint density at radius 1 is 1.18 bits per heavy atom. The zero-order valence-electron chi connectivity index (χ0n) is 22.6. The van der Waals surface area contributed by atoms with Crippen LogP contribution in [0, 0.1) is 11.8 Å². The molecule has 3 aliphatic rings. The molecule has 1 aliphatic heterocycles. The van der Waals surface area contributed by atoms with Gasteiger partial charge in [-0.3, -0.25) is 4.79 Å². The number of carbonyl (C=O) groups is 2. The lowest BCUT2D eigenvalue weighted by Gasteiger charge is -2.39. The van der Waals surface area contributed by atoms with Gasteiger partial charge in [-0.1, -0.05) is 0 Å². The number of urea groups is 1. The van der Waals surface area contributed by atoms with Gasteiger partial charge in [0, 0.05) is 37.8 Å². The van der Waals surface area contributed by atoms with Crippen LogP contribution >= 0.6 is 12.4 Å². The van der Waals surface area contributed by atoms with Crippen molar-refractivity contribution in [2.75, 3.05) is 32.8 Å². The Hall–Kier alpha value is -3.12. The summed E-state index contributed by atoms with van der Waals surface area (Å²) in [5.41, 5.74) is 6.66. The van der Waals surface area contributed by atoms with Gasteiger partial charge in [0.1, 0.15) is 0 Å². The maximum atomic E-state index is 13.5. The summed E-state index contributed by atoms with van der Waals surface area (Å²) in [6.45, 7) is 2.77. The van der Waals surface area contributed by atoms with Crippen molar-refractivity contribution in [1.29, 1.82) is 0 Å². The summed E-state index contributed by atoms with van der Waals surface area (Å²) in [6, 6.07) is 3.50. The summed E-state index contributed by atoms with van der Waals surface area (Å²) in [5, 5.41) is 2.98. The minimum absolute atomic E-state index is 0. The number of benzene rings is 1. The minimum atomic E-state index is -3.00. The molecule has 2 aromatic rings. The van der Waals surface area contributed by atoms with E-state index >= 15 is 0 Å². The number of nitrogens with one attached hydrogen (secondary N) is 1. The second kappa shape index (κ2) is 12.6. The number of rotatable bonds is 10. The molecule has 2 heterocycles. The van der Waals surface area contributed by atoms with E-state index in [9.17, 15) is 18.4 Å². The van der Waals surface area contributed by atoms with Crippen molar-refractivity contribution in [2.24, 2.45) is 17.6 Å². The zero-order chi connectivity index (χ0) is 27.7. The van der Waals surface area contributed by atoms with Gasteiger partial charge in [-0.25, -0.2) is 9.78 Å². The van der Waals surface area contributed by atoms with Crippen molar-refractivity contribution in [3.63, 3.8) is 0 Å². The van der Waals surface area contributed by atoms with Crippen molar-refractivity contribution in [2.45, 2.75) is 58.2 Å². The molecule has 220 valence electrons. The van der Waals surface area contributed by atoms with Gasteiger partial charge in [-0.2, -0.15) is 8.78 Å². The fourth-order valence-corrected chi connectivity index (χ4v) is 4.61. The monoisotopic (exact) mass is 583 g/mol. The number of alkyl halides is 2. The van der Waals surface area contributed by atoms with Crippen LogP contribution in [0.3, 0.4) is 0 Å². The molecule has 3 N–H and O–H groups in total. The maximum absolute atomic E-state index is 13.5. The number of carbonyl (C=O) groups excluding carboxylic acids is 2. The molecule has 2 saturated carbocycles. The van der Waals surface area contributed by atoms with Crippen molar-refractivity contribution in [3.8, 4) is 23.0 Å². The van der Waals surface area contributed by atoms with Gasteiger partial charge in [-0.05, 0) is 69.6 Å². The summed E-state index contributed by atoms with van der Waals surface area (Å²) < 4.78 is 42.2. The van der Waals surface area contributed by atoms with Gasteiger partial charge in [0.05, 0.1) is 12.6 Å². The summed E-state index contributed by atoms with van der Waals surface area (Å²) >= 11 is 0. The lowest BCUT2D eigenvalue weighted by Crippen LogP contribution is -2.57. The number of ether oxygens (including phenoxy) is 2. The fraction of sp³-hybridized carbons (Fsp3) is 0.593. The molecule has 3 amide bonds. The van der Waals surface area contributed by atoms with Crippen LogP contribution in [0.15, 0.2) is 22.6 Å². The molecule has 10 nitrogen and oxygen atoms in total. The van der Waals surface area contributed by atoms with Gasteiger partial charge in [0.15, 0.2) is 23.0 Å². The molecule has 1 aromatic heterocycles. The molecular formula is C27H36ClF2N5O5. The highest BCUT2D eigenvalue weighted by Crippen LogP contribution is 2.37. The van der Waals surface area contributed by atoms with Crippen LogP contribution in [0.2, 0.25) is 0 Å². The topological polar surface area (TPSA) is 123 Å². The average Bonchev–Trinajstić information content (AvgIpc) is 3.84. The summed E-state index contributed by atoms with van der Waals surface area (Å²) in [5.74, 6) is 1.05. The first kappa shape index (κ1) is 29.9. The van der Waals surface area contributed by atoms with Gasteiger partial charge in [0.25, 0.3) is 5.91 Å². The molecule has 2 aliphatic carbocycles. The Bertz CT molecular complexity index is 1200. The molecule has 40 heavy (non-hydrogen) atoms. The second-order valence-electron chi connectivity index (χ2n) is 10.7. The minimum Gasteiger partial charge on any atom is -0.489 e. The Balaban J connectivity index is 0.00000370. The van der Waals surface area contributed by atoms with E-state index in [-0.39, 0.29) is 59.2 Å². The quantitative estimate of drug-likeness (QED) is 0.424. The van der Waals surface area contributed by atoms with Gasteiger partial charge in [0.2, 0.25) is 5.89 Å². The molecule has 13 heteroatoms. The van der Waals surface area contributed by atoms with Crippen molar-refractivity contribution < 1.29 is 32.3 Å². The largest absolute Gasteiger partial charge is 0.489 e. The molecular weight excluding hydrogens is 548 g/mol. The van der Waals surface area contributed by atoms with Crippen molar-refractivity contribution in [3.05, 3.63) is 29.7 Å². The van der Waals surface area contributed by atoms with E-state index < -0.39 is 12.7 Å². The maximum Gasteiger partial charge on any atom is 0.387 e. The number of nitrogens with zero attached hydrogens (tertiary/aromatic N) is 3. The molecule has 0 radical (unpaired) electrons. The van der Waals surface area contributed by atoms with Crippen LogP contribution in [0.4, 0.5) is 13.6 Å². The molecule has 0 bridgehead atoms. The highest BCUT2D eigenvalue weighted by molar-refractivity contribution is 5.94. The molecule has 2 atom stereocenters. The van der Waals surface area contributed by atoms with Crippen LogP contribution < -0.4 is 20.5 Å². The first-order valence-electron chi connectivity index (χ1n) is 13.5. The van der Waals surface area contributed by atoms with E-state index in [4.69, 9.17) is 14.9 Å². The van der Waals surface area contributed by atoms with Crippen LogP contribution in [0.1, 0.15) is 61.8 Å². The van der Waals surface area contributed by atoms with Crippen molar-refractivity contribution in [1.82, 2.24) is 20.1 Å². The molecule has 0 unspecified atom stereocenters. The Morgan fingerprint density at radius 2 is 1.90 bits per heavy atom. The van der Waals surface area contributed by atoms with Crippen LogP contribution in [-0.4, -0.2) is 72.2 Å².